The van der Waals surface area contributed by atoms with Crippen molar-refractivity contribution in [2.24, 2.45) is 11.8 Å². The zero-order valence-corrected chi connectivity index (χ0v) is 11.0. The fourth-order valence-corrected chi connectivity index (χ4v) is 3.41. The van der Waals surface area contributed by atoms with Crippen LogP contribution in [0, 0.1) is 11.8 Å². The average Bonchev–Trinajstić information content (AvgIpc) is 2.76. The van der Waals surface area contributed by atoms with Crippen LogP contribution in [0.15, 0.2) is 0 Å². The van der Waals surface area contributed by atoms with Gasteiger partial charge >= 0.3 is 6.18 Å². The summed E-state index contributed by atoms with van der Waals surface area (Å²) in [4.78, 5) is 2.22. The smallest absolute Gasteiger partial charge is 0.317 e. The number of likely N-dealkylation sites (tertiary alicyclic amines) is 1. The molecule has 0 aromatic heterocycles. The van der Waals surface area contributed by atoms with E-state index in [9.17, 15) is 13.2 Å². The summed E-state index contributed by atoms with van der Waals surface area (Å²) < 4.78 is 37.7. The Balaban J connectivity index is 1.77. The predicted molar refractivity (Wildman–Crippen MR) is 65.4 cm³/mol. The van der Waals surface area contributed by atoms with E-state index in [0.29, 0.717) is 25.0 Å². The Morgan fingerprint density at radius 1 is 1.11 bits per heavy atom. The molecule has 2 rings (SSSR count). The predicted octanol–water partition coefficient (Wildman–Crippen LogP) is 2.65. The van der Waals surface area contributed by atoms with E-state index in [1.165, 1.54) is 19.3 Å². The van der Waals surface area contributed by atoms with Crippen LogP contribution in [0.25, 0.3) is 0 Å². The molecular weight excluding hydrogens is 241 g/mol. The lowest BCUT2D eigenvalue weighted by molar-refractivity contribution is -0.185. The number of alkyl halides is 3. The minimum Gasteiger partial charge on any atom is -0.317 e. The molecule has 2 unspecified atom stereocenters. The van der Waals surface area contributed by atoms with Crippen molar-refractivity contribution < 1.29 is 13.2 Å². The van der Waals surface area contributed by atoms with E-state index in [1.807, 2.05) is 7.05 Å². The molecule has 106 valence electrons. The first-order valence-electron chi connectivity index (χ1n) is 6.97. The number of piperidine rings is 1. The van der Waals surface area contributed by atoms with Crippen LogP contribution in [0.5, 0.6) is 0 Å². The van der Waals surface area contributed by atoms with E-state index >= 15 is 0 Å². The van der Waals surface area contributed by atoms with Gasteiger partial charge in [-0.2, -0.15) is 13.2 Å². The summed E-state index contributed by atoms with van der Waals surface area (Å²) in [6.45, 7) is 2.18. The lowest BCUT2D eigenvalue weighted by Gasteiger charge is -2.35. The van der Waals surface area contributed by atoms with Gasteiger partial charge in [-0.3, -0.25) is 0 Å². The summed E-state index contributed by atoms with van der Waals surface area (Å²) in [5.74, 6) is -0.449. The van der Waals surface area contributed by atoms with Gasteiger partial charge in [0.1, 0.15) is 0 Å². The van der Waals surface area contributed by atoms with E-state index in [0.717, 1.165) is 6.54 Å². The molecule has 18 heavy (non-hydrogen) atoms. The highest BCUT2D eigenvalue weighted by Crippen LogP contribution is 2.35. The van der Waals surface area contributed by atoms with Gasteiger partial charge in [-0.15, -0.1) is 0 Å². The monoisotopic (exact) mass is 264 g/mol. The molecule has 1 heterocycles. The van der Waals surface area contributed by atoms with Gasteiger partial charge in [-0.25, -0.2) is 0 Å². The number of rotatable bonds is 3. The van der Waals surface area contributed by atoms with Gasteiger partial charge < -0.3 is 10.2 Å². The van der Waals surface area contributed by atoms with Crippen molar-refractivity contribution >= 4 is 0 Å². The fourth-order valence-electron chi connectivity index (χ4n) is 3.41. The molecule has 0 bridgehead atoms. The van der Waals surface area contributed by atoms with Crippen LogP contribution >= 0.6 is 0 Å². The topological polar surface area (TPSA) is 15.3 Å². The highest BCUT2D eigenvalue weighted by molar-refractivity contribution is 4.86. The SMILES string of the molecule is CNC1CCCC1CN1CCC(C(F)(F)F)CC1. The first-order chi connectivity index (χ1) is 8.50. The molecule has 0 spiro atoms. The molecule has 0 amide bonds. The van der Waals surface area contributed by atoms with E-state index < -0.39 is 12.1 Å². The summed E-state index contributed by atoms with van der Waals surface area (Å²) in [7, 11) is 1.98. The maximum Gasteiger partial charge on any atom is 0.391 e. The Bertz CT molecular complexity index is 259. The van der Waals surface area contributed by atoms with Crippen molar-refractivity contribution in [1.82, 2.24) is 10.2 Å². The molecule has 1 aliphatic carbocycles. The van der Waals surface area contributed by atoms with Crippen molar-refractivity contribution in [3.05, 3.63) is 0 Å². The largest absolute Gasteiger partial charge is 0.391 e. The van der Waals surface area contributed by atoms with E-state index in [4.69, 9.17) is 0 Å². The number of nitrogens with one attached hydrogen (secondary N) is 1. The fraction of sp³-hybridized carbons (Fsp3) is 1.00. The van der Waals surface area contributed by atoms with Gasteiger partial charge in [0.2, 0.25) is 0 Å². The Kier molecular flexibility index (Phi) is 4.54. The maximum absolute atomic E-state index is 12.6. The molecule has 2 aliphatic rings. The molecule has 2 fully saturated rings. The molecule has 1 saturated heterocycles. The van der Waals surface area contributed by atoms with Crippen LogP contribution in [0.4, 0.5) is 13.2 Å². The first-order valence-corrected chi connectivity index (χ1v) is 6.97. The zero-order valence-electron chi connectivity index (χ0n) is 11.0. The highest BCUT2D eigenvalue weighted by atomic mass is 19.4. The molecule has 1 N–H and O–H groups in total. The Hall–Kier alpha value is -0.290. The lowest BCUT2D eigenvalue weighted by atomic mass is 9.94. The van der Waals surface area contributed by atoms with Crippen LogP contribution in [-0.2, 0) is 0 Å². The van der Waals surface area contributed by atoms with Crippen molar-refractivity contribution in [2.45, 2.75) is 44.3 Å². The third-order valence-electron chi connectivity index (χ3n) is 4.57. The van der Waals surface area contributed by atoms with Gasteiger partial charge in [0.05, 0.1) is 5.92 Å². The Labute approximate surface area is 107 Å². The van der Waals surface area contributed by atoms with Crippen LogP contribution in [0.1, 0.15) is 32.1 Å². The summed E-state index contributed by atoms with van der Waals surface area (Å²) in [6, 6.07) is 0.560. The van der Waals surface area contributed by atoms with Gasteiger partial charge in [-0.1, -0.05) is 6.42 Å². The minimum atomic E-state index is -3.99. The molecule has 2 atom stereocenters. The number of hydrogen-bond acceptors (Lipinski definition) is 2. The van der Waals surface area contributed by atoms with Gasteiger partial charge in [0.25, 0.3) is 0 Å². The molecule has 0 radical (unpaired) electrons. The van der Waals surface area contributed by atoms with E-state index in [-0.39, 0.29) is 12.8 Å². The second-order valence-electron chi connectivity index (χ2n) is 5.70. The van der Waals surface area contributed by atoms with Gasteiger partial charge in [0, 0.05) is 12.6 Å². The summed E-state index contributed by atoms with van der Waals surface area (Å²) >= 11 is 0. The molecular formula is C13H23F3N2. The van der Waals surface area contributed by atoms with Crippen molar-refractivity contribution in [1.29, 1.82) is 0 Å². The third-order valence-corrected chi connectivity index (χ3v) is 4.57. The average molecular weight is 264 g/mol. The second kappa shape index (κ2) is 5.78. The maximum atomic E-state index is 12.6. The van der Waals surface area contributed by atoms with Crippen molar-refractivity contribution in [3.63, 3.8) is 0 Å². The van der Waals surface area contributed by atoms with Crippen LogP contribution in [-0.4, -0.2) is 43.8 Å². The molecule has 0 aromatic carbocycles. The number of hydrogen-bond donors (Lipinski definition) is 1. The van der Waals surface area contributed by atoms with Gasteiger partial charge in [0.15, 0.2) is 0 Å². The normalized spacial score (nSPS) is 32.0. The minimum absolute atomic E-state index is 0.278. The molecule has 0 aromatic rings. The molecule has 2 nitrogen and oxygen atoms in total. The molecule has 1 saturated carbocycles. The number of halogens is 3. The molecule has 1 aliphatic heterocycles. The lowest BCUT2D eigenvalue weighted by Crippen LogP contribution is -2.43. The summed E-state index contributed by atoms with van der Waals surface area (Å²) in [5, 5.41) is 3.33. The first kappa shape index (κ1) is 14.1. The zero-order chi connectivity index (χ0) is 13.2. The third kappa shape index (κ3) is 3.38. The summed E-state index contributed by atoms with van der Waals surface area (Å²) in [5.41, 5.74) is 0. The van der Waals surface area contributed by atoms with Crippen LogP contribution in [0.2, 0.25) is 0 Å². The van der Waals surface area contributed by atoms with Crippen molar-refractivity contribution in [2.75, 3.05) is 26.7 Å². The van der Waals surface area contributed by atoms with E-state index in [1.54, 1.807) is 0 Å². The van der Waals surface area contributed by atoms with Crippen molar-refractivity contribution in [3.8, 4) is 0 Å². The van der Waals surface area contributed by atoms with Crippen LogP contribution < -0.4 is 5.32 Å². The van der Waals surface area contributed by atoms with Gasteiger partial charge in [-0.05, 0) is 51.7 Å². The Morgan fingerprint density at radius 2 is 1.78 bits per heavy atom. The summed E-state index contributed by atoms with van der Waals surface area (Å²) in [6.07, 6.45) is 0.230. The second-order valence-corrected chi connectivity index (χ2v) is 5.70. The quantitative estimate of drug-likeness (QED) is 0.843. The van der Waals surface area contributed by atoms with E-state index in [2.05, 4.69) is 10.2 Å². The number of nitrogens with zero attached hydrogens (tertiary/aromatic N) is 1. The van der Waals surface area contributed by atoms with Crippen LogP contribution in [0.3, 0.4) is 0 Å². The molecule has 5 heteroatoms. The highest BCUT2D eigenvalue weighted by Gasteiger charge is 2.41. The Morgan fingerprint density at radius 3 is 2.33 bits per heavy atom. The standard InChI is InChI=1S/C13H23F3N2/c1-17-12-4-2-3-10(12)9-18-7-5-11(6-8-18)13(14,15)16/h10-12,17H,2-9H2,1H3.